The van der Waals surface area contributed by atoms with E-state index in [1.165, 1.54) is 0 Å². The van der Waals surface area contributed by atoms with Crippen LogP contribution in [0.4, 0.5) is 4.79 Å². The van der Waals surface area contributed by atoms with Crippen molar-refractivity contribution < 1.29 is 14.3 Å². The van der Waals surface area contributed by atoms with Gasteiger partial charge in [0, 0.05) is 31.0 Å². The predicted molar refractivity (Wildman–Crippen MR) is 122 cm³/mol. The number of carbonyl (C=O) groups is 1. The molecule has 5 heterocycles. The van der Waals surface area contributed by atoms with Crippen LogP contribution in [0.25, 0.3) is 22.0 Å². The van der Waals surface area contributed by atoms with E-state index in [0.29, 0.717) is 12.5 Å². The first kappa shape index (κ1) is 19.6. The van der Waals surface area contributed by atoms with Crippen LogP contribution in [0.5, 0.6) is 5.75 Å². The number of fused-ring (bicyclic) bond motifs is 5. The molecule has 4 aliphatic heterocycles. The molecule has 2 bridgehead atoms. The Hall–Kier alpha value is -3.06. The lowest BCUT2D eigenvalue weighted by atomic mass is 9.86. The van der Waals surface area contributed by atoms with Gasteiger partial charge in [-0.15, -0.1) is 0 Å². The zero-order valence-electron chi connectivity index (χ0n) is 18.3. The lowest BCUT2D eigenvalue weighted by Crippen LogP contribution is -2.52. The molecule has 2 aromatic carbocycles. The molecule has 1 N–H and O–H groups in total. The van der Waals surface area contributed by atoms with Gasteiger partial charge in [0.25, 0.3) is 0 Å². The Morgan fingerprint density at radius 1 is 1.19 bits per heavy atom. The maximum atomic E-state index is 12.7. The third-order valence-electron chi connectivity index (χ3n) is 7.30. The van der Waals surface area contributed by atoms with Crippen LogP contribution in [-0.4, -0.2) is 53.1 Å². The molecular weight excluding hydrogens is 404 g/mol. The number of carbonyl (C=O) groups excluding carboxylic acids is 1. The van der Waals surface area contributed by atoms with Crippen LogP contribution in [0.3, 0.4) is 0 Å². The fraction of sp³-hybridized carbons (Fsp3) is 0.440. The first-order chi connectivity index (χ1) is 15.7. The molecule has 3 aromatic rings. The van der Waals surface area contributed by atoms with Gasteiger partial charge >= 0.3 is 6.09 Å². The third-order valence-corrected chi connectivity index (χ3v) is 7.30. The summed E-state index contributed by atoms with van der Waals surface area (Å²) in [5, 5.41) is 8.61. The minimum Gasteiger partial charge on any atom is -0.493 e. The van der Waals surface area contributed by atoms with Crippen molar-refractivity contribution in [3.8, 4) is 16.9 Å². The van der Waals surface area contributed by atoms with Gasteiger partial charge in [0.2, 0.25) is 0 Å². The maximum Gasteiger partial charge on any atom is 0.407 e. The SMILES string of the molecule is Cn1ncc2c(-c3ccc4c(c3)OCCC4NC(=O)O[C@H]3CN4CCC3CC4)cccc21. The van der Waals surface area contributed by atoms with Crippen LogP contribution in [0.2, 0.25) is 0 Å². The van der Waals surface area contributed by atoms with E-state index in [1.807, 2.05) is 17.9 Å². The van der Waals surface area contributed by atoms with Gasteiger partial charge in [0.1, 0.15) is 11.9 Å². The summed E-state index contributed by atoms with van der Waals surface area (Å²) in [4.78, 5) is 15.1. The molecule has 166 valence electrons. The van der Waals surface area contributed by atoms with E-state index in [4.69, 9.17) is 9.47 Å². The van der Waals surface area contributed by atoms with Gasteiger partial charge in [-0.3, -0.25) is 9.58 Å². The van der Waals surface area contributed by atoms with Crippen molar-refractivity contribution in [3.63, 3.8) is 0 Å². The summed E-state index contributed by atoms with van der Waals surface area (Å²) in [5.74, 6) is 1.33. The molecule has 0 aliphatic carbocycles. The Morgan fingerprint density at radius 3 is 2.88 bits per heavy atom. The maximum absolute atomic E-state index is 12.7. The Morgan fingerprint density at radius 2 is 2.06 bits per heavy atom. The lowest BCUT2D eigenvalue weighted by molar-refractivity contribution is -0.0342. The second-order valence-electron chi connectivity index (χ2n) is 9.18. The van der Waals surface area contributed by atoms with Crippen LogP contribution < -0.4 is 10.1 Å². The van der Waals surface area contributed by atoms with Gasteiger partial charge in [-0.1, -0.05) is 24.3 Å². The van der Waals surface area contributed by atoms with Crippen LogP contribution in [0.1, 0.15) is 30.9 Å². The van der Waals surface area contributed by atoms with Gasteiger partial charge < -0.3 is 14.8 Å². The number of alkyl carbamates (subject to hydrolysis) is 1. The zero-order chi connectivity index (χ0) is 21.7. The average Bonchev–Trinajstić information content (AvgIpc) is 3.21. The average molecular weight is 433 g/mol. The van der Waals surface area contributed by atoms with Crippen molar-refractivity contribution in [3.05, 3.63) is 48.2 Å². The Labute approximate surface area is 187 Å². The number of ether oxygens (including phenoxy) is 2. The van der Waals surface area contributed by atoms with Crippen molar-refractivity contribution >= 4 is 17.0 Å². The lowest BCUT2D eigenvalue weighted by Gasteiger charge is -2.44. The quantitative estimate of drug-likeness (QED) is 0.680. The number of benzene rings is 2. The number of hydrogen-bond donors (Lipinski definition) is 1. The molecule has 7 heteroatoms. The number of nitrogens with zero attached hydrogens (tertiary/aromatic N) is 3. The van der Waals surface area contributed by atoms with Gasteiger partial charge in [-0.25, -0.2) is 4.79 Å². The minimum atomic E-state index is -0.314. The van der Waals surface area contributed by atoms with Crippen LogP contribution in [0.15, 0.2) is 42.6 Å². The van der Waals surface area contributed by atoms with Gasteiger partial charge in [0.15, 0.2) is 0 Å². The Balaban J connectivity index is 1.21. The summed E-state index contributed by atoms with van der Waals surface area (Å²) in [5.41, 5.74) is 4.30. The highest BCUT2D eigenvalue weighted by Gasteiger charge is 2.37. The first-order valence-corrected chi connectivity index (χ1v) is 11.5. The largest absolute Gasteiger partial charge is 0.493 e. The molecule has 3 fully saturated rings. The summed E-state index contributed by atoms with van der Waals surface area (Å²) < 4.78 is 13.7. The van der Waals surface area contributed by atoms with Crippen molar-refractivity contribution in [1.29, 1.82) is 0 Å². The number of nitrogens with one attached hydrogen (secondary N) is 1. The molecular formula is C25H28N4O3. The summed E-state index contributed by atoms with van der Waals surface area (Å²) in [6.07, 6.45) is 4.60. The first-order valence-electron chi connectivity index (χ1n) is 11.5. The van der Waals surface area contributed by atoms with E-state index in [1.54, 1.807) is 0 Å². The molecule has 3 saturated heterocycles. The van der Waals surface area contributed by atoms with Gasteiger partial charge in [-0.05, 0) is 55.1 Å². The highest BCUT2D eigenvalue weighted by atomic mass is 16.6. The van der Waals surface area contributed by atoms with Crippen LogP contribution in [0, 0.1) is 5.92 Å². The fourth-order valence-electron chi connectivity index (χ4n) is 5.49. The highest BCUT2D eigenvalue weighted by molar-refractivity contribution is 5.94. The standard InChI is InChI=1S/C25H28N4O3/c1-28-22-4-2-3-18(20(22)14-26-28)17-5-6-19-21(9-12-31-23(19)13-17)27-25(30)32-24-15-29-10-7-16(24)8-11-29/h2-6,13-14,16,21,24H,7-12,15H2,1H3,(H,27,30)/t21?,24-/m0/s1. The van der Waals surface area contributed by atoms with E-state index >= 15 is 0 Å². The van der Waals surface area contributed by atoms with E-state index in [-0.39, 0.29) is 18.2 Å². The predicted octanol–water partition coefficient (Wildman–Crippen LogP) is 3.88. The zero-order valence-corrected chi connectivity index (χ0v) is 18.3. The minimum absolute atomic E-state index is 0.0131. The summed E-state index contributed by atoms with van der Waals surface area (Å²) in [7, 11) is 1.95. The van der Waals surface area contributed by atoms with Crippen LogP contribution >= 0.6 is 0 Å². The number of aromatic nitrogens is 2. The topological polar surface area (TPSA) is 68.6 Å². The second kappa shape index (κ2) is 7.81. The van der Waals surface area contributed by atoms with Gasteiger partial charge in [0.05, 0.1) is 24.4 Å². The van der Waals surface area contributed by atoms with Crippen molar-refractivity contribution in [2.24, 2.45) is 13.0 Å². The number of aryl methyl sites for hydroxylation is 1. The van der Waals surface area contributed by atoms with Crippen LogP contribution in [-0.2, 0) is 11.8 Å². The van der Waals surface area contributed by atoms with E-state index in [9.17, 15) is 4.79 Å². The molecule has 1 aromatic heterocycles. The molecule has 0 radical (unpaired) electrons. The molecule has 32 heavy (non-hydrogen) atoms. The molecule has 7 rings (SSSR count). The van der Waals surface area contributed by atoms with Crippen molar-refractivity contribution in [2.45, 2.75) is 31.4 Å². The van der Waals surface area contributed by atoms with Crippen molar-refractivity contribution in [1.82, 2.24) is 20.0 Å². The number of hydrogen-bond acceptors (Lipinski definition) is 5. The second-order valence-corrected chi connectivity index (χ2v) is 9.18. The molecule has 1 unspecified atom stereocenters. The molecule has 0 spiro atoms. The smallest absolute Gasteiger partial charge is 0.407 e. The fourth-order valence-corrected chi connectivity index (χ4v) is 5.49. The molecule has 2 atom stereocenters. The molecule has 0 saturated carbocycles. The molecule has 7 nitrogen and oxygen atoms in total. The monoisotopic (exact) mass is 432 g/mol. The van der Waals surface area contributed by atoms with Crippen molar-refractivity contribution in [2.75, 3.05) is 26.2 Å². The summed E-state index contributed by atoms with van der Waals surface area (Å²) in [6, 6.07) is 12.4. The van der Waals surface area contributed by atoms with E-state index in [0.717, 1.165) is 72.2 Å². The third kappa shape index (κ3) is 3.41. The summed E-state index contributed by atoms with van der Waals surface area (Å²) in [6.45, 7) is 3.70. The Bertz CT molecular complexity index is 1170. The van der Waals surface area contributed by atoms with E-state index < -0.39 is 0 Å². The summed E-state index contributed by atoms with van der Waals surface area (Å²) >= 11 is 0. The van der Waals surface area contributed by atoms with E-state index in [2.05, 4.69) is 51.7 Å². The van der Waals surface area contributed by atoms with Gasteiger partial charge in [-0.2, -0.15) is 5.10 Å². The Kier molecular flexibility index (Phi) is 4.79. The normalized spacial score (nSPS) is 26.4. The highest BCUT2D eigenvalue weighted by Crippen LogP contribution is 2.38. The number of amides is 1. The molecule has 4 aliphatic rings. The number of piperidine rings is 3. The number of rotatable bonds is 3. The molecule has 1 amide bonds.